The topological polar surface area (TPSA) is 29.1 Å². The normalized spacial score (nSPS) is 36.0. The number of hydrogen-bond donors (Lipinski definition) is 1. The molecule has 1 aromatic rings. The molecule has 4 aliphatic carbocycles. The number of nitrogens with one attached hydrogen (secondary N) is 1. The van der Waals surface area contributed by atoms with Crippen LogP contribution in [0.3, 0.4) is 0 Å². The van der Waals surface area contributed by atoms with Crippen LogP contribution >= 0.6 is 27.7 Å². The van der Waals surface area contributed by atoms with Crippen LogP contribution in [0.15, 0.2) is 29.2 Å². The number of amides is 1. The monoisotopic (exact) mass is 429 g/mol. The van der Waals surface area contributed by atoms with E-state index in [2.05, 4.69) is 21.2 Å². The van der Waals surface area contributed by atoms with Crippen LogP contribution in [0.5, 0.6) is 0 Å². The van der Waals surface area contributed by atoms with Crippen molar-refractivity contribution in [1.29, 1.82) is 0 Å². The van der Waals surface area contributed by atoms with Crippen LogP contribution in [0.25, 0.3) is 0 Å². The lowest BCUT2D eigenvalue weighted by Gasteiger charge is -2.60. The molecule has 0 aromatic heterocycles. The number of thioether (sulfide) groups is 1. The van der Waals surface area contributed by atoms with Gasteiger partial charge in [0.25, 0.3) is 5.76 Å². The van der Waals surface area contributed by atoms with E-state index in [0.717, 1.165) is 18.3 Å². The Kier molecular flexibility index (Phi) is 4.64. The first-order valence-electron chi connectivity index (χ1n) is 8.87. The van der Waals surface area contributed by atoms with Crippen molar-refractivity contribution in [3.63, 3.8) is 0 Å². The van der Waals surface area contributed by atoms with Gasteiger partial charge in [-0.3, -0.25) is 4.79 Å². The van der Waals surface area contributed by atoms with Crippen LogP contribution in [0.2, 0.25) is 0 Å². The molecule has 25 heavy (non-hydrogen) atoms. The first-order chi connectivity index (χ1) is 11.8. The van der Waals surface area contributed by atoms with Gasteiger partial charge in [0, 0.05) is 21.3 Å². The second kappa shape index (κ2) is 6.52. The van der Waals surface area contributed by atoms with E-state index >= 15 is 0 Å². The number of carbonyl (C=O) groups is 1. The predicted octanol–water partition coefficient (Wildman–Crippen LogP) is 6.06. The fourth-order valence-corrected chi connectivity index (χ4v) is 7.82. The lowest BCUT2D eigenvalue weighted by Crippen LogP contribution is -2.53. The molecule has 0 aliphatic heterocycles. The molecule has 4 saturated carbocycles. The quantitative estimate of drug-likeness (QED) is 0.454. The van der Waals surface area contributed by atoms with E-state index in [1.165, 1.54) is 32.1 Å². The van der Waals surface area contributed by atoms with Crippen molar-refractivity contribution in [2.45, 2.75) is 59.9 Å². The maximum atomic E-state index is 12.6. The lowest BCUT2D eigenvalue weighted by atomic mass is 9.48. The summed E-state index contributed by atoms with van der Waals surface area (Å²) in [4.78, 5) is 13.1. The maximum Gasteiger partial charge on any atom is 0.288 e. The molecule has 1 N–H and O–H groups in total. The number of rotatable bonds is 5. The molecule has 0 saturated heterocycles. The van der Waals surface area contributed by atoms with Gasteiger partial charge < -0.3 is 5.32 Å². The highest BCUT2D eigenvalue weighted by molar-refractivity contribution is 9.10. The van der Waals surface area contributed by atoms with E-state index in [9.17, 15) is 13.6 Å². The standard InChI is InChI=1S/C19H22BrF2NOS/c20-19-8-12-5-13(9-19)7-18(6-12,11-19)10-16(24)23-14-1-3-15(4-2-14)25-17(21)22/h1-4,12-13,17H,5-11H2,(H,23,24). The molecule has 1 amide bonds. The zero-order valence-corrected chi connectivity index (χ0v) is 16.3. The van der Waals surface area contributed by atoms with Crippen LogP contribution in [0.1, 0.15) is 44.9 Å². The number of alkyl halides is 3. The highest BCUT2D eigenvalue weighted by Crippen LogP contribution is 2.65. The third-order valence-corrected chi connectivity index (χ3v) is 7.66. The molecular formula is C19H22BrF2NOS. The van der Waals surface area contributed by atoms with Crippen molar-refractivity contribution < 1.29 is 13.6 Å². The molecule has 0 radical (unpaired) electrons. The first kappa shape index (κ1) is 17.8. The summed E-state index contributed by atoms with van der Waals surface area (Å²) in [7, 11) is 0. The summed E-state index contributed by atoms with van der Waals surface area (Å²) in [5.74, 6) is -0.849. The Balaban J connectivity index is 1.39. The largest absolute Gasteiger partial charge is 0.326 e. The van der Waals surface area contributed by atoms with Crippen LogP contribution < -0.4 is 5.32 Å². The highest BCUT2D eigenvalue weighted by Gasteiger charge is 2.57. The average molecular weight is 430 g/mol. The van der Waals surface area contributed by atoms with Gasteiger partial charge >= 0.3 is 0 Å². The minimum absolute atomic E-state index is 0.0484. The van der Waals surface area contributed by atoms with E-state index < -0.39 is 5.76 Å². The second-order valence-electron chi connectivity index (χ2n) is 8.24. The summed E-state index contributed by atoms with van der Waals surface area (Å²) >= 11 is 4.50. The van der Waals surface area contributed by atoms with Crippen LogP contribution in [-0.2, 0) is 4.79 Å². The maximum absolute atomic E-state index is 12.6. The second-order valence-corrected chi connectivity index (χ2v) is 11.0. The van der Waals surface area contributed by atoms with Crippen molar-refractivity contribution in [3.8, 4) is 0 Å². The van der Waals surface area contributed by atoms with Crippen molar-refractivity contribution >= 4 is 39.3 Å². The van der Waals surface area contributed by atoms with Gasteiger partial charge in [0.05, 0.1) is 0 Å². The molecule has 5 rings (SSSR count). The van der Waals surface area contributed by atoms with Gasteiger partial charge in [-0.15, -0.1) is 0 Å². The van der Waals surface area contributed by atoms with Gasteiger partial charge in [0.15, 0.2) is 0 Å². The van der Waals surface area contributed by atoms with Gasteiger partial charge in [-0.2, -0.15) is 8.78 Å². The molecule has 2 atom stereocenters. The molecule has 6 heteroatoms. The fourth-order valence-electron chi connectivity index (χ4n) is 5.81. The van der Waals surface area contributed by atoms with Gasteiger partial charge in [-0.25, -0.2) is 0 Å². The van der Waals surface area contributed by atoms with E-state index in [0.29, 0.717) is 28.8 Å². The molecule has 4 fully saturated rings. The Bertz CT molecular complexity index is 652. The number of carbonyl (C=O) groups excluding carboxylic acids is 1. The summed E-state index contributed by atoms with van der Waals surface area (Å²) in [6, 6.07) is 6.66. The Hall–Kier alpha value is -0.620. The van der Waals surface area contributed by atoms with Crippen LogP contribution in [0, 0.1) is 17.3 Å². The lowest BCUT2D eigenvalue weighted by molar-refractivity contribution is -0.123. The van der Waals surface area contributed by atoms with E-state index in [1.54, 1.807) is 24.3 Å². The van der Waals surface area contributed by atoms with E-state index in [1.807, 2.05) is 0 Å². The van der Waals surface area contributed by atoms with Gasteiger partial charge in [-0.05, 0) is 80.0 Å². The van der Waals surface area contributed by atoms with Crippen molar-refractivity contribution in [3.05, 3.63) is 24.3 Å². The molecule has 4 bridgehead atoms. The van der Waals surface area contributed by atoms with Gasteiger partial charge in [0.1, 0.15) is 0 Å². The first-order valence-corrected chi connectivity index (χ1v) is 10.5. The summed E-state index contributed by atoms with van der Waals surface area (Å²) in [6.07, 6.45) is 7.87. The third-order valence-electron chi connectivity index (χ3n) is 6.01. The minimum Gasteiger partial charge on any atom is -0.326 e. The van der Waals surface area contributed by atoms with Crippen molar-refractivity contribution in [2.24, 2.45) is 17.3 Å². The number of halogens is 3. The molecular weight excluding hydrogens is 408 g/mol. The number of benzene rings is 1. The summed E-state index contributed by atoms with van der Waals surface area (Å²) in [5, 5.41) is 2.96. The van der Waals surface area contributed by atoms with Crippen molar-refractivity contribution in [1.82, 2.24) is 0 Å². The SMILES string of the molecule is O=C(CC12CC3CC(CC(Br)(C3)C1)C2)Nc1ccc(SC(F)F)cc1. The van der Waals surface area contributed by atoms with E-state index in [-0.39, 0.29) is 15.6 Å². The Labute approximate surface area is 159 Å². The number of hydrogen-bond acceptors (Lipinski definition) is 2. The summed E-state index contributed by atoms with van der Waals surface area (Å²) < 4.78 is 25.0. The van der Waals surface area contributed by atoms with Crippen LogP contribution in [-0.4, -0.2) is 16.0 Å². The van der Waals surface area contributed by atoms with Gasteiger partial charge in [0.2, 0.25) is 5.91 Å². The average Bonchev–Trinajstić information content (AvgIpc) is 2.45. The smallest absolute Gasteiger partial charge is 0.288 e. The molecule has 0 heterocycles. The van der Waals surface area contributed by atoms with Gasteiger partial charge in [-0.1, -0.05) is 27.7 Å². The summed E-state index contributed by atoms with van der Waals surface area (Å²) in [5.41, 5.74) is 0.824. The summed E-state index contributed by atoms with van der Waals surface area (Å²) in [6.45, 7) is 0. The Morgan fingerprint density at radius 2 is 1.84 bits per heavy atom. The third kappa shape index (κ3) is 3.90. The molecule has 1 aromatic carbocycles. The van der Waals surface area contributed by atoms with Crippen molar-refractivity contribution in [2.75, 3.05) is 5.32 Å². The zero-order chi connectivity index (χ0) is 17.7. The highest BCUT2D eigenvalue weighted by atomic mass is 79.9. The molecule has 2 unspecified atom stereocenters. The molecule has 0 spiro atoms. The Morgan fingerprint density at radius 3 is 2.40 bits per heavy atom. The molecule has 4 aliphatic rings. The molecule has 2 nitrogen and oxygen atoms in total. The zero-order valence-electron chi connectivity index (χ0n) is 13.9. The fraction of sp³-hybridized carbons (Fsp3) is 0.632. The predicted molar refractivity (Wildman–Crippen MR) is 100 cm³/mol. The molecule has 136 valence electrons. The van der Waals surface area contributed by atoms with Crippen LogP contribution in [0.4, 0.5) is 14.5 Å². The minimum atomic E-state index is -2.42. The van der Waals surface area contributed by atoms with E-state index in [4.69, 9.17) is 0 Å². The Morgan fingerprint density at radius 1 is 1.20 bits per heavy atom. The number of anilines is 1.